The lowest BCUT2D eigenvalue weighted by Crippen LogP contribution is -2.42. The van der Waals surface area contributed by atoms with Gasteiger partial charge < -0.3 is 15.6 Å². The van der Waals surface area contributed by atoms with Gasteiger partial charge in [-0.15, -0.1) is 0 Å². The average molecular weight is 347 g/mol. The third-order valence-electron chi connectivity index (χ3n) is 3.38. The van der Waals surface area contributed by atoms with Gasteiger partial charge in [0.1, 0.15) is 5.69 Å². The molecule has 1 aromatic rings. The molecule has 0 bridgehead atoms. The summed E-state index contributed by atoms with van der Waals surface area (Å²) < 4.78 is 1.06. The largest absolute Gasteiger partial charge is 0.356 e. The Morgan fingerprint density at radius 1 is 1.53 bits per heavy atom. The smallest absolute Gasteiger partial charge is 0.267 e. The van der Waals surface area contributed by atoms with Gasteiger partial charge in [-0.25, -0.2) is 0 Å². The van der Waals surface area contributed by atoms with Crippen molar-refractivity contribution >= 4 is 28.5 Å². The van der Waals surface area contributed by atoms with Gasteiger partial charge in [0.05, 0.1) is 0 Å². The van der Waals surface area contributed by atoms with Crippen LogP contribution in [0.2, 0.25) is 0 Å². The van der Waals surface area contributed by atoms with Gasteiger partial charge in [0.15, 0.2) is 0 Å². The lowest BCUT2D eigenvalue weighted by Gasteiger charge is -2.34. The molecule has 1 fully saturated rings. The first-order chi connectivity index (χ1) is 8.09. The maximum Gasteiger partial charge on any atom is 0.267 e. The summed E-state index contributed by atoms with van der Waals surface area (Å²) in [4.78, 5) is 14.9. The number of nitrogens with one attached hydrogen (secondary N) is 3. The first-order valence-electron chi connectivity index (χ1n) is 5.92. The average Bonchev–Trinajstić information content (AvgIpc) is 2.74. The molecule has 94 valence electrons. The van der Waals surface area contributed by atoms with Crippen LogP contribution in [0.5, 0.6) is 0 Å². The highest BCUT2D eigenvalue weighted by Gasteiger charge is 2.27. The minimum absolute atomic E-state index is 0.00678. The van der Waals surface area contributed by atoms with E-state index in [1.165, 1.54) is 0 Å². The zero-order valence-electron chi connectivity index (χ0n) is 9.98. The Bertz CT molecular complexity index is 396. The van der Waals surface area contributed by atoms with E-state index < -0.39 is 0 Å². The molecule has 5 heteroatoms. The highest BCUT2D eigenvalue weighted by Crippen LogP contribution is 2.26. The zero-order valence-corrected chi connectivity index (χ0v) is 12.1. The van der Waals surface area contributed by atoms with Gasteiger partial charge >= 0.3 is 0 Å². The molecule has 0 unspecified atom stereocenters. The van der Waals surface area contributed by atoms with Gasteiger partial charge in [0.25, 0.3) is 5.91 Å². The van der Waals surface area contributed by atoms with E-state index in [4.69, 9.17) is 0 Å². The van der Waals surface area contributed by atoms with Crippen LogP contribution in [-0.2, 0) is 0 Å². The van der Waals surface area contributed by atoms with E-state index >= 15 is 0 Å². The standard InChI is InChI=1S/C12H18IN3O/c1-12(2-4-14-5-3-12)8-16-11(17)10-6-9(13)7-15-10/h6-7,14-15H,2-5,8H2,1H3,(H,16,17). The Hall–Kier alpha value is -0.560. The summed E-state index contributed by atoms with van der Waals surface area (Å²) in [6.07, 6.45) is 4.08. The maximum atomic E-state index is 11.9. The molecule has 1 aliphatic rings. The Labute approximate surface area is 115 Å². The van der Waals surface area contributed by atoms with E-state index in [0.717, 1.165) is 36.0 Å². The fourth-order valence-corrected chi connectivity index (χ4v) is 2.56. The maximum absolute atomic E-state index is 11.9. The summed E-state index contributed by atoms with van der Waals surface area (Å²) in [6.45, 7) is 5.09. The molecule has 2 rings (SSSR count). The Morgan fingerprint density at radius 2 is 2.24 bits per heavy atom. The van der Waals surface area contributed by atoms with Gasteiger partial charge in [0, 0.05) is 16.3 Å². The van der Waals surface area contributed by atoms with Crippen LogP contribution >= 0.6 is 22.6 Å². The van der Waals surface area contributed by atoms with E-state index in [9.17, 15) is 4.79 Å². The molecule has 1 aromatic heterocycles. The van der Waals surface area contributed by atoms with Crippen molar-refractivity contribution < 1.29 is 4.79 Å². The van der Waals surface area contributed by atoms with Crippen molar-refractivity contribution in [3.63, 3.8) is 0 Å². The molecule has 3 N–H and O–H groups in total. The van der Waals surface area contributed by atoms with Crippen molar-refractivity contribution in [2.45, 2.75) is 19.8 Å². The van der Waals surface area contributed by atoms with E-state index in [1.807, 2.05) is 12.3 Å². The minimum atomic E-state index is -0.00678. The number of hydrogen-bond donors (Lipinski definition) is 3. The van der Waals surface area contributed by atoms with Gasteiger partial charge in [0.2, 0.25) is 0 Å². The topological polar surface area (TPSA) is 56.9 Å². The monoisotopic (exact) mass is 347 g/mol. The van der Waals surface area contributed by atoms with Gasteiger partial charge in [-0.1, -0.05) is 6.92 Å². The molecular formula is C12H18IN3O. The van der Waals surface area contributed by atoms with Crippen molar-refractivity contribution in [1.82, 2.24) is 15.6 Å². The lowest BCUT2D eigenvalue weighted by molar-refractivity contribution is 0.0918. The molecule has 4 nitrogen and oxygen atoms in total. The van der Waals surface area contributed by atoms with Gasteiger partial charge in [-0.05, 0) is 60.0 Å². The second kappa shape index (κ2) is 5.39. The Kier molecular flexibility index (Phi) is 4.09. The fraction of sp³-hybridized carbons (Fsp3) is 0.583. The predicted octanol–water partition coefficient (Wildman–Crippen LogP) is 1.74. The van der Waals surface area contributed by atoms with Crippen LogP contribution in [0.15, 0.2) is 12.3 Å². The SMILES string of the molecule is CC1(CNC(=O)c2cc(I)c[nH]2)CCNCC1. The van der Waals surface area contributed by atoms with E-state index in [-0.39, 0.29) is 11.3 Å². The van der Waals surface area contributed by atoms with Crippen LogP contribution in [0.1, 0.15) is 30.3 Å². The molecule has 1 saturated heterocycles. The minimum Gasteiger partial charge on any atom is -0.356 e. The lowest BCUT2D eigenvalue weighted by atomic mass is 9.81. The van der Waals surface area contributed by atoms with E-state index in [2.05, 4.69) is 45.1 Å². The number of carbonyl (C=O) groups is 1. The molecular weight excluding hydrogens is 329 g/mol. The Balaban J connectivity index is 1.87. The number of H-pyrrole nitrogens is 1. The third-order valence-corrected chi connectivity index (χ3v) is 4.00. The quantitative estimate of drug-likeness (QED) is 0.730. The summed E-state index contributed by atoms with van der Waals surface area (Å²) in [7, 11) is 0. The summed E-state index contributed by atoms with van der Waals surface area (Å²) in [6, 6.07) is 1.86. The molecule has 0 saturated carbocycles. The van der Waals surface area contributed by atoms with Crippen molar-refractivity contribution in [2.24, 2.45) is 5.41 Å². The number of carbonyl (C=O) groups excluding carboxylic acids is 1. The molecule has 2 heterocycles. The summed E-state index contributed by atoms with van der Waals surface area (Å²) >= 11 is 2.19. The van der Waals surface area contributed by atoms with Crippen LogP contribution in [-0.4, -0.2) is 30.5 Å². The van der Waals surface area contributed by atoms with Crippen LogP contribution in [0.25, 0.3) is 0 Å². The second-order valence-electron chi connectivity index (χ2n) is 4.97. The number of piperidine rings is 1. The summed E-state index contributed by atoms with van der Waals surface area (Å²) in [5, 5.41) is 6.36. The fourth-order valence-electron chi connectivity index (χ4n) is 2.10. The molecule has 0 radical (unpaired) electrons. The number of amides is 1. The number of aromatic nitrogens is 1. The van der Waals surface area contributed by atoms with Crippen molar-refractivity contribution in [3.8, 4) is 0 Å². The molecule has 0 aromatic carbocycles. The number of hydrogen-bond acceptors (Lipinski definition) is 2. The highest BCUT2D eigenvalue weighted by atomic mass is 127. The van der Waals surface area contributed by atoms with Crippen molar-refractivity contribution in [2.75, 3.05) is 19.6 Å². The number of rotatable bonds is 3. The van der Waals surface area contributed by atoms with E-state index in [0.29, 0.717) is 5.69 Å². The molecule has 0 atom stereocenters. The highest BCUT2D eigenvalue weighted by molar-refractivity contribution is 14.1. The Morgan fingerprint density at radius 3 is 2.82 bits per heavy atom. The number of aromatic amines is 1. The zero-order chi connectivity index (χ0) is 12.3. The van der Waals surface area contributed by atoms with E-state index in [1.54, 1.807) is 0 Å². The normalized spacial score (nSPS) is 18.9. The molecule has 1 amide bonds. The van der Waals surface area contributed by atoms with Crippen molar-refractivity contribution in [1.29, 1.82) is 0 Å². The molecule has 1 aliphatic heterocycles. The van der Waals surface area contributed by atoms with Crippen molar-refractivity contribution in [3.05, 3.63) is 21.5 Å². The molecule has 0 spiro atoms. The predicted molar refractivity (Wildman–Crippen MR) is 76.1 cm³/mol. The third kappa shape index (κ3) is 3.45. The summed E-state index contributed by atoms with van der Waals surface area (Å²) in [5.41, 5.74) is 0.882. The first-order valence-corrected chi connectivity index (χ1v) is 7.00. The molecule has 17 heavy (non-hydrogen) atoms. The summed E-state index contributed by atoms with van der Waals surface area (Å²) in [5.74, 6) is -0.00678. The number of halogens is 1. The van der Waals surface area contributed by atoms with Crippen LogP contribution in [0, 0.1) is 8.99 Å². The van der Waals surface area contributed by atoms with Crippen LogP contribution in [0.4, 0.5) is 0 Å². The van der Waals surface area contributed by atoms with Crippen LogP contribution < -0.4 is 10.6 Å². The molecule has 0 aliphatic carbocycles. The second-order valence-corrected chi connectivity index (χ2v) is 6.22. The van der Waals surface area contributed by atoms with Crippen LogP contribution in [0.3, 0.4) is 0 Å². The van der Waals surface area contributed by atoms with Gasteiger partial charge in [-0.2, -0.15) is 0 Å². The first kappa shape index (κ1) is 12.9. The van der Waals surface area contributed by atoms with Gasteiger partial charge in [-0.3, -0.25) is 4.79 Å².